The van der Waals surface area contributed by atoms with Gasteiger partial charge in [-0.25, -0.2) is 0 Å². The van der Waals surface area contributed by atoms with Gasteiger partial charge < -0.3 is 29.2 Å². The van der Waals surface area contributed by atoms with Gasteiger partial charge in [0.05, 0.1) is 10.9 Å². The standard InChI is InChI=1S/C38H39ClN4O6/c1-2-22-48-28-14-15-34-30(24-28)33(44)25-35(49-34)36(45)40-31(23-26-10-12-27(39)13-11-26)38(47)43-20-18-41(19-21-43)32-9-5-4-8-29(32)37(46)42-16-6-3-7-17-42/h2,4-5,8-15,24-25,31H,1,3,6-7,16-23H2,(H,40,45)/t31-/m1/s1. The van der Waals surface area contributed by atoms with Gasteiger partial charge in [0.1, 0.15) is 24.0 Å². The Morgan fingerprint density at radius 1 is 0.898 bits per heavy atom. The summed E-state index contributed by atoms with van der Waals surface area (Å²) < 4.78 is 11.3. The molecular formula is C38H39ClN4O6. The van der Waals surface area contributed by atoms with E-state index >= 15 is 0 Å². The number of fused-ring (bicyclic) bond motifs is 1. The van der Waals surface area contributed by atoms with Crippen molar-refractivity contribution in [3.05, 3.63) is 118 Å². The maximum atomic E-state index is 14.1. The monoisotopic (exact) mass is 682 g/mol. The lowest BCUT2D eigenvalue weighted by atomic mass is 10.0. The van der Waals surface area contributed by atoms with Crippen LogP contribution in [-0.2, 0) is 11.2 Å². The summed E-state index contributed by atoms with van der Waals surface area (Å²) in [6.45, 7) is 7.29. The van der Waals surface area contributed by atoms with Crippen LogP contribution in [-0.4, -0.2) is 79.4 Å². The highest BCUT2D eigenvalue weighted by Crippen LogP contribution is 2.26. The lowest BCUT2D eigenvalue weighted by Crippen LogP contribution is -2.56. The average molecular weight is 683 g/mol. The van der Waals surface area contributed by atoms with Crippen molar-refractivity contribution in [2.45, 2.75) is 31.7 Å². The Hall–Kier alpha value is -5.09. The van der Waals surface area contributed by atoms with E-state index in [1.54, 1.807) is 41.3 Å². The fourth-order valence-electron chi connectivity index (χ4n) is 6.36. The Morgan fingerprint density at radius 2 is 1.63 bits per heavy atom. The topological polar surface area (TPSA) is 112 Å². The molecule has 0 unspecified atom stereocenters. The van der Waals surface area contributed by atoms with Gasteiger partial charge in [0.15, 0.2) is 11.2 Å². The van der Waals surface area contributed by atoms with Gasteiger partial charge in [-0.3, -0.25) is 19.2 Å². The zero-order valence-electron chi connectivity index (χ0n) is 27.2. The third-order valence-electron chi connectivity index (χ3n) is 8.96. The molecule has 1 N–H and O–H groups in total. The van der Waals surface area contributed by atoms with Crippen LogP contribution in [0.25, 0.3) is 11.0 Å². The van der Waals surface area contributed by atoms with Crippen molar-refractivity contribution in [3.63, 3.8) is 0 Å². The number of nitrogens with zero attached hydrogens (tertiary/aromatic N) is 3. The van der Waals surface area contributed by atoms with Crippen LogP contribution in [0.5, 0.6) is 5.75 Å². The van der Waals surface area contributed by atoms with E-state index in [1.807, 2.05) is 41.3 Å². The maximum absolute atomic E-state index is 14.1. The van der Waals surface area contributed by atoms with Gasteiger partial charge in [0.25, 0.3) is 11.8 Å². The summed E-state index contributed by atoms with van der Waals surface area (Å²) in [5, 5.41) is 3.66. The number of para-hydroxylation sites is 1. The Morgan fingerprint density at radius 3 is 2.37 bits per heavy atom. The molecule has 0 aliphatic carbocycles. The van der Waals surface area contributed by atoms with Crippen molar-refractivity contribution < 1.29 is 23.5 Å². The number of halogens is 1. The summed E-state index contributed by atoms with van der Waals surface area (Å²) in [7, 11) is 0. The van der Waals surface area contributed by atoms with Gasteiger partial charge >= 0.3 is 0 Å². The maximum Gasteiger partial charge on any atom is 0.287 e. The molecule has 0 bridgehead atoms. The Balaban J connectivity index is 1.18. The average Bonchev–Trinajstić information content (AvgIpc) is 3.14. The van der Waals surface area contributed by atoms with E-state index in [4.69, 9.17) is 20.8 Å². The third kappa shape index (κ3) is 7.97. The first-order valence-corrected chi connectivity index (χ1v) is 17.0. The number of carbonyl (C=O) groups is 3. The van der Waals surface area contributed by atoms with Crippen LogP contribution in [0.4, 0.5) is 5.69 Å². The van der Waals surface area contributed by atoms with E-state index in [9.17, 15) is 19.2 Å². The first-order chi connectivity index (χ1) is 23.8. The molecule has 3 aromatic carbocycles. The Bertz CT molecular complexity index is 1890. The fraction of sp³-hybridized carbons (Fsp3) is 0.316. The number of nitrogens with one attached hydrogen (secondary N) is 1. The number of likely N-dealkylation sites (tertiary alicyclic amines) is 1. The zero-order chi connectivity index (χ0) is 34.3. The fourth-order valence-corrected chi connectivity index (χ4v) is 6.49. The summed E-state index contributed by atoms with van der Waals surface area (Å²) >= 11 is 6.11. The molecule has 3 amide bonds. The first-order valence-electron chi connectivity index (χ1n) is 16.6. The molecule has 49 heavy (non-hydrogen) atoms. The molecule has 0 radical (unpaired) electrons. The molecule has 2 aliphatic rings. The van der Waals surface area contributed by atoms with Gasteiger partial charge in [0, 0.05) is 62.5 Å². The summed E-state index contributed by atoms with van der Waals surface area (Å²) in [6.07, 6.45) is 4.98. The number of amides is 3. The minimum Gasteiger partial charge on any atom is -0.490 e. The van der Waals surface area contributed by atoms with Gasteiger partial charge in [-0.05, 0) is 67.3 Å². The molecule has 4 aromatic rings. The molecule has 1 aromatic heterocycles. The van der Waals surface area contributed by atoms with Crippen LogP contribution in [0.1, 0.15) is 45.7 Å². The lowest BCUT2D eigenvalue weighted by Gasteiger charge is -2.38. The molecule has 2 saturated heterocycles. The predicted molar refractivity (Wildman–Crippen MR) is 190 cm³/mol. The molecule has 10 nitrogen and oxygen atoms in total. The summed E-state index contributed by atoms with van der Waals surface area (Å²) in [6, 6.07) is 19.7. The van der Waals surface area contributed by atoms with Crippen LogP contribution in [0.2, 0.25) is 5.02 Å². The van der Waals surface area contributed by atoms with Gasteiger partial charge in [-0.2, -0.15) is 0 Å². The van der Waals surface area contributed by atoms with Crippen molar-refractivity contribution in [2.24, 2.45) is 0 Å². The molecule has 11 heteroatoms. The SMILES string of the molecule is C=CCOc1ccc2oc(C(=O)N[C@H](Cc3ccc(Cl)cc3)C(=O)N3CCN(c4ccccc4C(=O)N4CCCCC4)CC3)cc(=O)c2c1. The Kier molecular flexibility index (Phi) is 10.6. The molecule has 3 heterocycles. The second kappa shape index (κ2) is 15.4. The molecule has 1 atom stereocenters. The molecule has 0 saturated carbocycles. The minimum atomic E-state index is -0.941. The van der Waals surface area contributed by atoms with Crippen LogP contribution >= 0.6 is 11.6 Å². The molecule has 2 aliphatic heterocycles. The number of carbonyl (C=O) groups excluding carboxylic acids is 3. The Labute approximate surface area is 289 Å². The van der Waals surface area contributed by atoms with Crippen LogP contribution in [0.3, 0.4) is 0 Å². The van der Waals surface area contributed by atoms with Crippen molar-refractivity contribution in [2.75, 3.05) is 50.8 Å². The highest BCUT2D eigenvalue weighted by atomic mass is 35.5. The van der Waals surface area contributed by atoms with Crippen LogP contribution in [0.15, 0.2) is 94.7 Å². The van der Waals surface area contributed by atoms with E-state index in [2.05, 4.69) is 16.8 Å². The van der Waals surface area contributed by atoms with Crippen molar-refractivity contribution in [1.82, 2.24) is 15.1 Å². The molecule has 0 spiro atoms. The summed E-state index contributed by atoms with van der Waals surface area (Å²) in [5.74, 6) is -0.620. The number of benzene rings is 3. The van der Waals surface area contributed by atoms with Crippen molar-refractivity contribution in [1.29, 1.82) is 0 Å². The smallest absolute Gasteiger partial charge is 0.287 e. The van der Waals surface area contributed by atoms with Crippen LogP contribution in [0, 0.1) is 0 Å². The summed E-state index contributed by atoms with van der Waals surface area (Å²) in [4.78, 5) is 59.8. The number of ether oxygens (including phenoxy) is 1. The van der Waals surface area contributed by atoms with Gasteiger partial charge in [-0.15, -0.1) is 0 Å². The van der Waals surface area contributed by atoms with Crippen molar-refractivity contribution in [3.8, 4) is 5.75 Å². The number of rotatable bonds is 10. The quantitative estimate of drug-likeness (QED) is 0.225. The second-order valence-electron chi connectivity index (χ2n) is 12.3. The molecular weight excluding hydrogens is 644 g/mol. The van der Waals surface area contributed by atoms with E-state index in [0.717, 1.165) is 49.7 Å². The second-order valence-corrected chi connectivity index (χ2v) is 12.7. The number of piperazine rings is 1. The number of piperidine rings is 1. The van der Waals surface area contributed by atoms with E-state index in [-0.39, 0.29) is 41.6 Å². The van der Waals surface area contributed by atoms with Crippen molar-refractivity contribution >= 4 is 46.0 Å². The number of anilines is 1. The highest BCUT2D eigenvalue weighted by molar-refractivity contribution is 6.30. The normalized spacial score (nSPS) is 15.5. The summed E-state index contributed by atoms with van der Waals surface area (Å²) in [5.41, 5.74) is 2.15. The molecule has 6 rings (SSSR count). The van der Waals surface area contributed by atoms with E-state index in [1.165, 1.54) is 0 Å². The zero-order valence-corrected chi connectivity index (χ0v) is 28.0. The molecule has 254 valence electrons. The van der Waals surface area contributed by atoms with E-state index in [0.29, 0.717) is 42.5 Å². The first kappa shape index (κ1) is 33.8. The number of hydrogen-bond acceptors (Lipinski definition) is 7. The van der Waals surface area contributed by atoms with Crippen LogP contribution < -0.4 is 20.4 Å². The number of hydrogen-bond donors (Lipinski definition) is 1. The molecule has 2 fully saturated rings. The minimum absolute atomic E-state index is 0.0429. The third-order valence-corrected chi connectivity index (χ3v) is 9.21. The largest absolute Gasteiger partial charge is 0.490 e. The lowest BCUT2D eigenvalue weighted by molar-refractivity contribution is -0.133. The predicted octanol–water partition coefficient (Wildman–Crippen LogP) is 5.33. The van der Waals surface area contributed by atoms with Gasteiger partial charge in [-0.1, -0.05) is 48.5 Å². The highest BCUT2D eigenvalue weighted by Gasteiger charge is 2.31. The van der Waals surface area contributed by atoms with Gasteiger partial charge in [0.2, 0.25) is 5.91 Å². The van der Waals surface area contributed by atoms with E-state index < -0.39 is 17.4 Å².